The highest BCUT2D eigenvalue weighted by Gasteiger charge is 2.32. The van der Waals surface area contributed by atoms with E-state index in [0.29, 0.717) is 30.6 Å². The number of ether oxygens (including phenoxy) is 1. The van der Waals surface area contributed by atoms with Crippen LogP contribution in [0.1, 0.15) is 31.2 Å². The first-order valence-corrected chi connectivity index (χ1v) is 12.1. The second-order valence-corrected chi connectivity index (χ2v) is 8.89. The molecule has 4 rings (SSSR count). The number of carbonyl (C=O) groups is 1. The third kappa shape index (κ3) is 6.87. The van der Waals surface area contributed by atoms with E-state index >= 15 is 0 Å². The van der Waals surface area contributed by atoms with Gasteiger partial charge in [0.15, 0.2) is 5.82 Å². The average Bonchev–Trinajstić information content (AvgIpc) is 2.91. The van der Waals surface area contributed by atoms with E-state index in [9.17, 15) is 18.0 Å². The van der Waals surface area contributed by atoms with Crippen molar-refractivity contribution in [1.82, 2.24) is 20.3 Å². The molecule has 3 aromatic rings. The Kier molecular flexibility index (Phi) is 8.10. The molecule has 11 heteroatoms. The Balaban J connectivity index is 1.35. The summed E-state index contributed by atoms with van der Waals surface area (Å²) >= 11 is 0. The molecular weight excluding hydrogens is 485 g/mol. The van der Waals surface area contributed by atoms with Gasteiger partial charge in [-0.05, 0) is 31.7 Å². The second kappa shape index (κ2) is 11.4. The summed E-state index contributed by atoms with van der Waals surface area (Å²) in [6.45, 7) is -0.0369. The lowest BCUT2D eigenvalue weighted by atomic mass is 9.85. The molecule has 1 aliphatic rings. The van der Waals surface area contributed by atoms with Crippen molar-refractivity contribution in [1.29, 1.82) is 0 Å². The first-order valence-electron chi connectivity index (χ1n) is 12.1. The first-order chi connectivity index (χ1) is 17.7. The van der Waals surface area contributed by atoms with Crippen LogP contribution in [0.25, 0.3) is 11.4 Å². The van der Waals surface area contributed by atoms with Crippen molar-refractivity contribution in [3.63, 3.8) is 0 Å². The number of aromatic nitrogens is 3. The highest BCUT2D eigenvalue weighted by atomic mass is 19.4. The molecule has 0 spiro atoms. The number of anilines is 2. The topological polar surface area (TPSA) is 92.3 Å². The summed E-state index contributed by atoms with van der Waals surface area (Å²) in [5.74, 6) is 0.891. The largest absolute Gasteiger partial charge is 0.573 e. The van der Waals surface area contributed by atoms with Crippen LogP contribution in [0.5, 0.6) is 5.75 Å². The predicted octanol–water partition coefficient (Wildman–Crippen LogP) is 4.79. The van der Waals surface area contributed by atoms with Crippen LogP contribution in [0.2, 0.25) is 0 Å². The highest BCUT2D eigenvalue weighted by Crippen LogP contribution is 2.30. The van der Waals surface area contributed by atoms with Crippen molar-refractivity contribution in [3.8, 4) is 17.1 Å². The van der Waals surface area contributed by atoms with E-state index in [2.05, 4.69) is 30.3 Å². The van der Waals surface area contributed by atoms with Crippen molar-refractivity contribution >= 4 is 17.8 Å². The van der Waals surface area contributed by atoms with Crippen molar-refractivity contribution in [3.05, 3.63) is 60.2 Å². The molecule has 196 valence electrons. The Morgan fingerprint density at radius 3 is 2.35 bits per heavy atom. The zero-order valence-electron chi connectivity index (χ0n) is 20.6. The van der Waals surface area contributed by atoms with Gasteiger partial charge in [-0.2, -0.15) is 15.0 Å². The van der Waals surface area contributed by atoms with Crippen molar-refractivity contribution in [2.45, 2.75) is 44.6 Å². The lowest BCUT2D eigenvalue weighted by molar-refractivity contribution is -0.274. The van der Waals surface area contributed by atoms with Gasteiger partial charge in [0, 0.05) is 43.7 Å². The Morgan fingerprint density at radius 1 is 1.00 bits per heavy atom. The van der Waals surface area contributed by atoms with Gasteiger partial charge in [0.25, 0.3) is 0 Å². The fourth-order valence-electron chi connectivity index (χ4n) is 4.44. The molecule has 0 unspecified atom stereocenters. The molecule has 1 aromatic heterocycles. The van der Waals surface area contributed by atoms with E-state index in [0.717, 1.165) is 18.4 Å². The maximum Gasteiger partial charge on any atom is 0.573 e. The summed E-state index contributed by atoms with van der Waals surface area (Å²) in [5, 5.41) is 5.76. The summed E-state index contributed by atoms with van der Waals surface area (Å²) in [4.78, 5) is 28.5. The molecule has 1 aliphatic carbocycles. The summed E-state index contributed by atoms with van der Waals surface area (Å²) in [7, 11) is 3.69. The fourth-order valence-corrected chi connectivity index (χ4v) is 4.44. The van der Waals surface area contributed by atoms with E-state index in [1.165, 1.54) is 18.2 Å². The zero-order chi connectivity index (χ0) is 26.4. The minimum atomic E-state index is -4.79. The van der Waals surface area contributed by atoms with Crippen LogP contribution in [0.4, 0.5) is 25.1 Å². The summed E-state index contributed by atoms with van der Waals surface area (Å²) in [6.07, 6.45) is -1.99. The van der Waals surface area contributed by atoms with Crippen LogP contribution in [-0.2, 0) is 11.3 Å². The lowest BCUT2D eigenvalue weighted by Gasteiger charge is -2.34. The number of carbonyl (C=O) groups excluding carboxylic acids is 1. The molecule has 8 nitrogen and oxygen atoms in total. The van der Waals surface area contributed by atoms with Crippen LogP contribution in [0.3, 0.4) is 0 Å². The van der Waals surface area contributed by atoms with Crippen molar-refractivity contribution in [2.24, 2.45) is 5.92 Å². The minimum absolute atomic E-state index is 0.0369. The monoisotopic (exact) mass is 514 g/mol. The fraction of sp³-hybridized carbons (Fsp3) is 0.385. The maximum absolute atomic E-state index is 12.8. The van der Waals surface area contributed by atoms with E-state index in [4.69, 9.17) is 0 Å². The Labute approximate surface area is 213 Å². The van der Waals surface area contributed by atoms with Gasteiger partial charge >= 0.3 is 6.36 Å². The average molecular weight is 515 g/mol. The molecule has 37 heavy (non-hydrogen) atoms. The molecule has 2 N–H and O–H groups in total. The molecule has 2 aromatic carbocycles. The van der Waals surface area contributed by atoms with Gasteiger partial charge in [-0.3, -0.25) is 4.79 Å². The molecular formula is C26H29F3N6O2. The third-order valence-electron chi connectivity index (χ3n) is 6.46. The predicted molar refractivity (Wildman–Crippen MR) is 134 cm³/mol. The van der Waals surface area contributed by atoms with Crippen LogP contribution in [0.15, 0.2) is 54.6 Å². The molecule has 0 saturated heterocycles. The number of alkyl halides is 3. The number of hydrogen-bond acceptors (Lipinski definition) is 7. The maximum atomic E-state index is 12.8. The van der Waals surface area contributed by atoms with Gasteiger partial charge in [0.05, 0.1) is 0 Å². The number of amides is 1. The summed E-state index contributed by atoms with van der Waals surface area (Å²) < 4.78 is 42.0. The molecule has 0 atom stereocenters. The normalized spacial score (nSPS) is 17.6. The molecule has 1 heterocycles. The van der Waals surface area contributed by atoms with Gasteiger partial charge < -0.3 is 20.3 Å². The second-order valence-electron chi connectivity index (χ2n) is 8.89. The van der Waals surface area contributed by atoms with E-state index in [1.54, 1.807) is 13.1 Å². The third-order valence-corrected chi connectivity index (χ3v) is 6.46. The smallest absolute Gasteiger partial charge is 0.405 e. The number of nitrogens with one attached hydrogen (secondary N) is 2. The first kappa shape index (κ1) is 26.2. The SMILES string of the molecule is CNc1nc(-c2ccccc2)nc(N(C)C2CCC(C(=O)NCc3ccccc3OC(F)(F)F)CC2)n1. The molecule has 0 radical (unpaired) electrons. The number of hydrogen-bond donors (Lipinski definition) is 2. The van der Waals surface area contributed by atoms with Gasteiger partial charge in [-0.15, -0.1) is 13.2 Å². The molecule has 1 saturated carbocycles. The van der Waals surface area contributed by atoms with Crippen LogP contribution < -0.4 is 20.3 Å². The van der Waals surface area contributed by atoms with Gasteiger partial charge in [-0.25, -0.2) is 0 Å². The number of rotatable bonds is 8. The minimum Gasteiger partial charge on any atom is -0.405 e. The number of nitrogens with zero attached hydrogens (tertiary/aromatic N) is 4. The molecule has 1 fully saturated rings. The van der Waals surface area contributed by atoms with E-state index in [1.807, 2.05) is 42.3 Å². The summed E-state index contributed by atoms with van der Waals surface area (Å²) in [5.41, 5.74) is 1.16. The van der Waals surface area contributed by atoms with E-state index < -0.39 is 6.36 Å². The van der Waals surface area contributed by atoms with Crippen molar-refractivity contribution < 1.29 is 22.7 Å². The highest BCUT2D eigenvalue weighted by molar-refractivity contribution is 5.78. The molecule has 1 amide bonds. The van der Waals surface area contributed by atoms with Crippen LogP contribution in [-0.4, -0.2) is 47.4 Å². The number of para-hydroxylation sites is 1. The van der Waals surface area contributed by atoms with Crippen LogP contribution >= 0.6 is 0 Å². The van der Waals surface area contributed by atoms with Gasteiger partial charge in [0.2, 0.25) is 17.8 Å². The summed E-state index contributed by atoms with van der Waals surface area (Å²) in [6, 6.07) is 15.6. The Hall–Kier alpha value is -3.89. The van der Waals surface area contributed by atoms with Crippen molar-refractivity contribution in [2.75, 3.05) is 24.3 Å². The Morgan fingerprint density at radius 2 is 1.68 bits per heavy atom. The van der Waals surface area contributed by atoms with Crippen LogP contribution in [0, 0.1) is 5.92 Å². The Bertz CT molecular complexity index is 1200. The molecule has 0 bridgehead atoms. The quantitative estimate of drug-likeness (QED) is 0.447. The van der Waals surface area contributed by atoms with Gasteiger partial charge in [-0.1, -0.05) is 48.5 Å². The molecule has 0 aliphatic heterocycles. The van der Waals surface area contributed by atoms with Gasteiger partial charge in [0.1, 0.15) is 5.75 Å². The van der Waals surface area contributed by atoms with E-state index in [-0.39, 0.29) is 35.7 Å². The number of halogens is 3. The number of benzene rings is 2. The lowest BCUT2D eigenvalue weighted by Crippen LogP contribution is -2.40. The zero-order valence-corrected chi connectivity index (χ0v) is 20.6. The standard InChI is InChI=1S/C26H29F3N6O2/c1-30-24-32-22(17-8-4-3-5-9-17)33-25(34-24)35(2)20-14-12-18(13-15-20)23(36)31-16-19-10-6-7-11-21(19)37-26(27,28)29/h3-11,18,20H,12-16H2,1-2H3,(H,31,36)(H,30,32,33,34).